The molecule has 2 atom stereocenters. The Morgan fingerprint density at radius 1 is 1.35 bits per heavy atom. The van der Waals surface area contributed by atoms with Gasteiger partial charge in [-0.2, -0.15) is 0 Å². The third-order valence-corrected chi connectivity index (χ3v) is 4.39. The van der Waals surface area contributed by atoms with E-state index in [9.17, 15) is 13.2 Å². The van der Waals surface area contributed by atoms with Crippen LogP contribution in [0.1, 0.15) is 46.5 Å². The molecule has 0 bridgehead atoms. The number of unbranched alkanes of at least 4 members (excludes halogenated alkanes) is 1. The SMILES string of the molecule is CCCC[C@H](NS(=O)(=O)CC(CC(C)C)OC)C(=O)O. The molecule has 0 rings (SSSR count). The molecule has 20 heavy (non-hydrogen) atoms. The Morgan fingerprint density at radius 2 is 1.95 bits per heavy atom. The number of hydrogen-bond donors (Lipinski definition) is 2. The second kappa shape index (κ2) is 9.31. The summed E-state index contributed by atoms with van der Waals surface area (Å²) in [5, 5.41) is 9.04. The molecule has 0 aliphatic carbocycles. The van der Waals surface area contributed by atoms with Gasteiger partial charge in [-0.3, -0.25) is 4.79 Å². The van der Waals surface area contributed by atoms with Crippen molar-refractivity contribution in [3.05, 3.63) is 0 Å². The summed E-state index contributed by atoms with van der Waals surface area (Å²) >= 11 is 0. The van der Waals surface area contributed by atoms with Gasteiger partial charge in [-0.05, 0) is 18.8 Å². The average molecular weight is 309 g/mol. The molecule has 0 aromatic heterocycles. The van der Waals surface area contributed by atoms with Crippen LogP contribution in [0.4, 0.5) is 0 Å². The number of carboxylic acids is 1. The first-order valence-corrected chi connectivity index (χ1v) is 8.62. The van der Waals surface area contributed by atoms with Crippen molar-refractivity contribution in [1.29, 1.82) is 0 Å². The Labute approximate surface area is 121 Å². The van der Waals surface area contributed by atoms with Crippen LogP contribution in [-0.2, 0) is 19.6 Å². The van der Waals surface area contributed by atoms with E-state index in [0.29, 0.717) is 25.2 Å². The van der Waals surface area contributed by atoms with Crippen LogP contribution in [0.25, 0.3) is 0 Å². The normalized spacial score (nSPS) is 15.2. The highest BCUT2D eigenvalue weighted by molar-refractivity contribution is 7.89. The van der Waals surface area contributed by atoms with E-state index in [1.165, 1.54) is 7.11 Å². The van der Waals surface area contributed by atoms with Gasteiger partial charge in [0.15, 0.2) is 0 Å². The predicted molar refractivity (Wildman–Crippen MR) is 78.1 cm³/mol. The average Bonchev–Trinajstić information content (AvgIpc) is 2.32. The summed E-state index contributed by atoms with van der Waals surface area (Å²) in [7, 11) is -2.20. The van der Waals surface area contributed by atoms with E-state index in [-0.39, 0.29) is 5.75 Å². The number of carbonyl (C=O) groups is 1. The van der Waals surface area contributed by atoms with E-state index in [4.69, 9.17) is 9.84 Å². The molecule has 0 fully saturated rings. The number of aliphatic carboxylic acids is 1. The van der Waals surface area contributed by atoms with Crippen LogP contribution < -0.4 is 4.72 Å². The van der Waals surface area contributed by atoms with Gasteiger partial charge < -0.3 is 9.84 Å². The molecule has 0 heterocycles. The Hall–Kier alpha value is -0.660. The second-order valence-electron chi connectivity index (χ2n) is 5.42. The van der Waals surface area contributed by atoms with Crippen molar-refractivity contribution in [3.63, 3.8) is 0 Å². The standard InChI is InChI=1S/C13H27NO5S/c1-5-6-7-12(13(15)16)14-20(17,18)9-11(19-4)8-10(2)3/h10-12,14H,5-9H2,1-4H3,(H,15,16)/t11?,12-/m0/s1. The maximum absolute atomic E-state index is 12.0. The van der Waals surface area contributed by atoms with Gasteiger partial charge in [-0.25, -0.2) is 13.1 Å². The molecule has 0 spiro atoms. The van der Waals surface area contributed by atoms with Gasteiger partial charge >= 0.3 is 5.97 Å². The number of hydrogen-bond acceptors (Lipinski definition) is 4. The van der Waals surface area contributed by atoms with E-state index in [2.05, 4.69) is 4.72 Å². The number of nitrogens with one attached hydrogen (secondary N) is 1. The van der Waals surface area contributed by atoms with Crippen LogP contribution in [0.5, 0.6) is 0 Å². The molecule has 0 saturated carbocycles. The number of carboxylic acid groups (broad SMARTS) is 1. The summed E-state index contributed by atoms with van der Waals surface area (Å²) in [6.07, 6.45) is 1.98. The molecule has 2 N–H and O–H groups in total. The zero-order valence-corrected chi connectivity index (χ0v) is 13.6. The molecule has 6 nitrogen and oxygen atoms in total. The minimum absolute atomic E-state index is 0.211. The van der Waals surface area contributed by atoms with Gasteiger partial charge in [-0.15, -0.1) is 0 Å². The van der Waals surface area contributed by atoms with Gasteiger partial charge in [-0.1, -0.05) is 33.6 Å². The highest BCUT2D eigenvalue weighted by atomic mass is 32.2. The molecule has 1 unspecified atom stereocenters. The summed E-state index contributed by atoms with van der Waals surface area (Å²) in [6, 6.07) is -1.06. The Balaban J connectivity index is 4.64. The highest BCUT2D eigenvalue weighted by Crippen LogP contribution is 2.11. The lowest BCUT2D eigenvalue weighted by molar-refractivity contribution is -0.139. The molecule has 0 amide bonds. The molecule has 0 radical (unpaired) electrons. The fraction of sp³-hybridized carbons (Fsp3) is 0.923. The van der Waals surface area contributed by atoms with E-state index < -0.39 is 28.1 Å². The van der Waals surface area contributed by atoms with E-state index >= 15 is 0 Å². The van der Waals surface area contributed by atoms with Gasteiger partial charge in [0.2, 0.25) is 10.0 Å². The molecule has 0 aliphatic rings. The summed E-state index contributed by atoms with van der Waals surface area (Å²) in [4.78, 5) is 11.1. The van der Waals surface area contributed by atoms with Crippen molar-refractivity contribution >= 4 is 16.0 Å². The first-order valence-electron chi connectivity index (χ1n) is 6.97. The maximum Gasteiger partial charge on any atom is 0.321 e. The second-order valence-corrected chi connectivity index (χ2v) is 7.22. The van der Waals surface area contributed by atoms with Gasteiger partial charge in [0.1, 0.15) is 6.04 Å². The third-order valence-electron chi connectivity index (χ3n) is 2.94. The van der Waals surface area contributed by atoms with Gasteiger partial charge in [0, 0.05) is 7.11 Å². The molecular weight excluding hydrogens is 282 g/mol. The third kappa shape index (κ3) is 8.50. The summed E-state index contributed by atoms with van der Waals surface area (Å²) in [5.41, 5.74) is 0. The summed E-state index contributed by atoms with van der Waals surface area (Å²) in [5.74, 6) is -1.04. The fourth-order valence-corrected chi connectivity index (χ4v) is 3.42. The minimum atomic E-state index is -3.67. The predicted octanol–water partition coefficient (Wildman–Crippen LogP) is 1.61. The van der Waals surface area contributed by atoms with Gasteiger partial charge in [0.05, 0.1) is 11.9 Å². The topological polar surface area (TPSA) is 92.7 Å². The first-order chi connectivity index (χ1) is 9.21. The number of rotatable bonds is 11. The quantitative estimate of drug-likeness (QED) is 0.605. The molecule has 7 heteroatoms. The van der Waals surface area contributed by atoms with Crippen LogP contribution in [0.3, 0.4) is 0 Å². The molecule has 0 aromatic rings. The van der Waals surface area contributed by atoms with Crippen LogP contribution in [0.2, 0.25) is 0 Å². The molecule has 0 aliphatic heterocycles. The van der Waals surface area contributed by atoms with Crippen molar-refractivity contribution in [2.45, 2.75) is 58.6 Å². The molecule has 0 saturated heterocycles. The molecule has 0 aromatic carbocycles. The van der Waals surface area contributed by atoms with Crippen molar-refractivity contribution < 1.29 is 23.1 Å². The van der Waals surface area contributed by atoms with Crippen molar-refractivity contribution in [2.75, 3.05) is 12.9 Å². The lowest BCUT2D eigenvalue weighted by Gasteiger charge is -2.20. The molecular formula is C13H27NO5S. The van der Waals surface area contributed by atoms with E-state index in [0.717, 1.165) is 6.42 Å². The number of sulfonamides is 1. The molecule has 120 valence electrons. The number of ether oxygens (including phenoxy) is 1. The van der Waals surface area contributed by atoms with E-state index in [1.54, 1.807) is 0 Å². The van der Waals surface area contributed by atoms with Crippen molar-refractivity contribution in [1.82, 2.24) is 4.72 Å². The zero-order chi connectivity index (χ0) is 15.8. The number of methoxy groups -OCH3 is 1. The lowest BCUT2D eigenvalue weighted by Crippen LogP contribution is -2.44. The van der Waals surface area contributed by atoms with Crippen LogP contribution in [0, 0.1) is 5.92 Å². The van der Waals surface area contributed by atoms with Crippen molar-refractivity contribution in [3.8, 4) is 0 Å². The summed E-state index contributed by atoms with van der Waals surface area (Å²) < 4.78 is 31.4. The zero-order valence-electron chi connectivity index (χ0n) is 12.8. The largest absolute Gasteiger partial charge is 0.480 e. The van der Waals surface area contributed by atoms with Crippen LogP contribution in [-0.4, -0.2) is 44.5 Å². The Morgan fingerprint density at radius 3 is 2.35 bits per heavy atom. The monoisotopic (exact) mass is 309 g/mol. The first kappa shape index (κ1) is 19.3. The van der Waals surface area contributed by atoms with E-state index in [1.807, 2.05) is 20.8 Å². The van der Waals surface area contributed by atoms with Gasteiger partial charge in [0.25, 0.3) is 0 Å². The fourth-order valence-electron chi connectivity index (χ4n) is 1.91. The maximum atomic E-state index is 12.0. The van der Waals surface area contributed by atoms with Crippen LogP contribution in [0.15, 0.2) is 0 Å². The summed E-state index contributed by atoms with van der Waals surface area (Å²) in [6.45, 7) is 5.89. The smallest absolute Gasteiger partial charge is 0.321 e. The Kier molecular flexibility index (Phi) is 9.00. The van der Waals surface area contributed by atoms with Crippen molar-refractivity contribution in [2.24, 2.45) is 5.92 Å². The Bertz CT molecular complexity index is 380. The highest BCUT2D eigenvalue weighted by Gasteiger charge is 2.26. The lowest BCUT2D eigenvalue weighted by atomic mass is 10.1. The van der Waals surface area contributed by atoms with Crippen LogP contribution >= 0.6 is 0 Å². The minimum Gasteiger partial charge on any atom is -0.480 e.